The van der Waals surface area contributed by atoms with Crippen molar-refractivity contribution in [2.75, 3.05) is 5.32 Å². The summed E-state index contributed by atoms with van der Waals surface area (Å²) in [5.74, 6) is -0.248. The van der Waals surface area contributed by atoms with Crippen LogP contribution in [0.3, 0.4) is 0 Å². The summed E-state index contributed by atoms with van der Waals surface area (Å²) in [6, 6.07) is 21.0. The predicted octanol–water partition coefficient (Wildman–Crippen LogP) is 6.27. The summed E-state index contributed by atoms with van der Waals surface area (Å²) in [4.78, 5) is 24.6. The summed E-state index contributed by atoms with van der Waals surface area (Å²) in [6.07, 6.45) is 0.640. The van der Waals surface area contributed by atoms with E-state index in [-0.39, 0.29) is 11.6 Å². The van der Waals surface area contributed by atoms with Crippen LogP contribution in [0, 0.1) is 24.0 Å². The number of fused-ring (bicyclic) bond motifs is 1. The number of thiophene rings is 1. The molecule has 3 aromatic carbocycles. The Morgan fingerprint density at radius 3 is 2.47 bits per heavy atom. The molecule has 0 radical (unpaired) electrons. The highest BCUT2D eigenvalue weighted by Gasteiger charge is 2.21. The van der Waals surface area contributed by atoms with Crippen molar-refractivity contribution < 1.29 is 9.72 Å². The van der Waals surface area contributed by atoms with Crippen LogP contribution in [0.15, 0.2) is 66.7 Å². The number of amides is 1. The summed E-state index contributed by atoms with van der Waals surface area (Å²) in [5, 5.41) is 15.2. The zero-order chi connectivity index (χ0) is 21.3. The highest BCUT2D eigenvalue weighted by atomic mass is 32.1. The molecular formula is C24H20N2O3S. The number of benzene rings is 3. The van der Waals surface area contributed by atoms with Gasteiger partial charge in [0.25, 0.3) is 11.6 Å². The van der Waals surface area contributed by atoms with Gasteiger partial charge in [0.05, 0.1) is 21.1 Å². The van der Waals surface area contributed by atoms with Crippen LogP contribution in [0.1, 0.15) is 31.9 Å². The Hall–Kier alpha value is -3.51. The van der Waals surface area contributed by atoms with Crippen molar-refractivity contribution in [1.29, 1.82) is 0 Å². The third-order valence-corrected chi connectivity index (χ3v) is 6.37. The lowest BCUT2D eigenvalue weighted by Crippen LogP contribution is -2.13. The van der Waals surface area contributed by atoms with E-state index in [9.17, 15) is 14.9 Å². The van der Waals surface area contributed by atoms with Gasteiger partial charge in [-0.15, -0.1) is 11.3 Å². The van der Waals surface area contributed by atoms with Crippen molar-refractivity contribution in [3.05, 3.63) is 104 Å². The predicted molar refractivity (Wildman–Crippen MR) is 122 cm³/mol. The van der Waals surface area contributed by atoms with Crippen LogP contribution in [0.5, 0.6) is 0 Å². The van der Waals surface area contributed by atoms with Gasteiger partial charge in [-0.2, -0.15) is 0 Å². The smallest absolute Gasteiger partial charge is 0.274 e. The monoisotopic (exact) mass is 416 g/mol. The number of hydrogen-bond donors (Lipinski definition) is 1. The number of nitro benzene ring substituents is 1. The molecule has 0 spiro atoms. The molecule has 1 amide bonds. The molecule has 30 heavy (non-hydrogen) atoms. The fraction of sp³-hybridized carbons (Fsp3) is 0.125. The minimum absolute atomic E-state index is 0.0102. The molecule has 0 saturated carbocycles. The first-order valence-electron chi connectivity index (χ1n) is 9.55. The van der Waals surface area contributed by atoms with Crippen molar-refractivity contribution in [3.8, 4) is 0 Å². The van der Waals surface area contributed by atoms with Crippen molar-refractivity contribution in [3.63, 3.8) is 0 Å². The molecular weight excluding hydrogens is 396 g/mol. The van der Waals surface area contributed by atoms with Crippen molar-refractivity contribution in [1.82, 2.24) is 0 Å². The van der Waals surface area contributed by atoms with Gasteiger partial charge in [-0.1, -0.05) is 54.1 Å². The van der Waals surface area contributed by atoms with Crippen molar-refractivity contribution in [2.24, 2.45) is 0 Å². The number of aryl methyl sites for hydroxylation is 1. The molecule has 1 aromatic heterocycles. The molecule has 0 aliphatic rings. The summed E-state index contributed by atoms with van der Waals surface area (Å²) in [5.41, 5.74) is 4.17. The number of carbonyl (C=O) groups is 1. The zero-order valence-corrected chi connectivity index (χ0v) is 17.5. The highest BCUT2D eigenvalue weighted by molar-refractivity contribution is 7.21. The highest BCUT2D eigenvalue weighted by Crippen LogP contribution is 2.34. The van der Waals surface area contributed by atoms with Crippen LogP contribution in [0.25, 0.3) is 10.1 Å². The largest absolute Gasteiger partial charge is 0.321 e. The van der Waals surface area contributed by atoms with Crippen LogP contribution in [-0.2, 0) is 6.42 Å². The average molecular weight is 417 g/mol. The first kappa shape index (κ1) is 19.8. The Balaban J connectivity index is 1.73. The minimum Gasteiger partial charge on any atom is -0.321 e. The van der Waals surface area contributed by atoms with Gasteiger partial charge >= 0.3 is 0 Å². The quantitative estimate of drug-likeness (QED) is 0.308. The number of anilines is 1. The summed E-state index contributed by atoms with van der Waals surface area (Å²) in [6.45, 7) is 3.69. The standard InChI is InChI=1S/C24H20N2O3S/c1-15-10-12-17(13-11-15)14-19-18-6-3-4-9-22(18)30-23(19)24(27)25-20-7-5-8-21(16(20)2)26(28)29/h3-13H,14H2,1-2H3,(H,25,27). The fourth-order valence-corrected chi connectivity index (χ4v) is 4.62. The third kappa shape index (κ3) is 3.82. The van der Waals surface area contributed by atoms with Gasteiger partial charge in [0.1, 0.15) is 0 Å². The van der Waals surface area contributed by atoms with Gasteiger partial charge in [-0.05, 0) is 48.9 Å². The van der Waals surface area contributed by atoms with Crippen LogP contribution >= 0.6 is 11.3 Å². The fourth-order valence-electron chi connectivity index (χ4n) is 3.50. The lowest BCUT2D eigenvalue weighted by atomic mass is 10.0. The number of hydrogen-bond acceptors (Lipinski definition) is 4. The van der Waals surface area contributed by atoms with E-state index < -0.39 is 4.92 Å². The number of carbonyl (C=O) groups excluding carboxylic acids is 1. The average Bonchev–Trinajstić information content (AvgIpc) is 3.09. The van der Waals surface area contributed by atoms with E-state index in [1.54, 1.807) is 19.1 Å². The molecule has 4 aromatic rings. The molecule has 0 bridgehead atoms. The van der Waals surface area contributed by atoms with Crippen LogP contribution in [0.4, 0.5) is 11.4 Å². The summed E-state index contributed by atoms with van der Waals surface area (Å²) in [7, 11) is 0. The maximum Gasteiger partial charge on any atom is 0.274 e. The van der Waals surface area contributed by atoms with E-state index >= 15 is 0 Å². The van der Waals surface area contributed by atoms with Gasteiger partial charge in [-0.3, -0.25) is 14.9 Å². The van der Waals surface area contributed by atoms with E-state index in [4.69, 9.17) is 0 Å². The maximum absolute atomic E-state index is 13.2. The molecule has 0 aliphatic carbocycles. The number of nitro groups is 1. The summed E-state index contributed by atoms with van der Waals surface area (Å²) >= 11 is 1.44. The van der Waals surface area contributed by atoms with Crippen LogP contribution in [0.2, 0.25) is 0 Å². The van der Waals surface area contributed by atoms with E-state index in [1.807, 2.05) is 31.2 Å². The van der Waals surface area contributed by atoms with E-state index in [2.05, 4.69) is 29.6 Å². The van der Waals surface area contributed by atoms with Gasteiger partial charge in [0, 0.05) is 10.8 Å². The molecule has 1 N–H and O–H groups in total. The maximum atomic E-state index is 13.2. The topological polar surface area (TPSA) is 72.2 Å². The Bertz CT molecular complexity index is 1260. The van der Waals surface area contributed by atoms with Crippen molar-refractivity contribution in [2.45, 2.75) is 20.3 Å². The van der Waals surface area contributed by atoms with Gasteiger partial charge < -0.3 is 5.32 Å². The molecule has 0 fully saturated rings. The number of nitrogens with zero attached hydrogens (tertiary/aromatic N) is 1. The molecule has 4 rings (SSSR count). The second-order valence-electron chi connectivity index (χ2n) is 7.23. The molecule has 0 saturated heterocycles. The van der Waals surface area contributed by atoms with Crippen molar-refractivity contribution >= 4 is 38.7 Å². The Kier molecular flexibility index (Phi) is 5.33. The molecule has 0 aliphatic heterocycles. The van der Waals surface area contributed by atoms with Gasteiger partial charge in [0.2, 0.25) is 0 Å². The van der Waals surface area contributed by atoms with E-state index in [0.29, 0.717) is 22.5 Å². The molecule has 1 heterocycles. The van der Waals surface area contributed by atoms with E-state index in [1.165, 1.54) is 23.0 Å². The minimum atomic E-state index is -0.437. The van der Waals surface area contributed by atoms with Crippen LogP contribution < -0.4 is 5.32 Å². The lowest BCUT2D eigenvalue weighted by molar-refractivity contribution is -0.385. The van der Waals surface area contributed by atoms with E-state index in [0.717, 1.165) is 21.2 Å². The lowest BCUT2D eigenvalue weighted by Gasteiger charge is -2.10. The summed E-state index contributed by atoms with van der Waals surface area (Å²) < 4.78 is 1.04. The van der Waals surface area contributed by atoms with Gasteiger partial charge in [-0.25, -0.2) is 0 Å². The molecule has 5 nitrogen and oxygen atoms in total. The second kappa shape index (κ2) is 8.08. The molecule has 0 unspecified atom stereocenters. The normalized spacial score (nSPS) is 10.9. The first-order chi connectivity index (χ1) is 14.4. The second-order valence-corrected chi connectivity index (χ2v) is 8.28. The number of nitrogens with one attached hydrogen (secondary N) is 1. The third-order valence-electron chi connectivity index (χ3n) is 5.16. The van der Waals surface area contributed by atoms with Gasteiger partial charge in [0.15, 0.2) is 0 Å². The molecule has 150 valence electrons. The Labute approximate surface area is 178 Å². The number of rotatable bonds is 5. The first-order valence-corrected chi connectivity index (χ1v) is 10.4. The Morgan fingerprint density at radius 2 is 1.73 bits per heavy atom. The zero-order valence-electron chi connectivity index (χ0n) is 16.6. The Morgan fingerprint density at radius 1 is 1.00 bits per heavy atom. The SMILES string of the molecule is Cc1ccc(Cc2c(C(=O)Nc3cccc([N+](=O)[O-])c3C)sc3ccccc23)cc1. The van der Waals surface area contributed by atoms with Crippen LogP contribution in [-0.4, -0.2) is 10.8 Å². The molecule has 0 atom stereocenters. The molecule has 6 heteroatoms.